The summed E-state index contributed by atoms with van der Waals surface area (Å²) in [5.74, 6) is 0.428. The molecule has 2 heterocycles. The van der Waals surface area contributed by atoms with Gasteiger partial charge in [0.25, 0.3) is 11.8 Å². The molecule has 3 aromatic rings. The van der Waals surface area contributed by atoms with E-state index >= 15 is 0 Å². The number of aromatic nitrogens is 1. The lowest BCUT2D eigenvalue weighted by atomic mass is 9.90. The van der Waals surface area contributed by atoms with E-state index < -0.39 is 0 Å². The standard InChI is InChI=1S/C30H34ClN3O4/c1-17(2)33-25(23-15-19(29(36)32-3)7-14-26(23)38-4)16-24-28(33)27(18-5-8-20(31)9-6-18)34(30(24)37)21-10-12-22(35)13-11-21/h5-9,14-17,21-22,27,35H,10-13H2,1-4H3,(H,32,36)/t21-,22-,27?. The number of halogens is 1. The molecule has 38 heavy (non-hydrogen) atoms. The Morgan fingerprint density at radius 2 is 1.74 bits per heavy atom. The maximum Gasteiger partial charge on any atom is 0.256 e. The predicted molar refractivity (Wildman–Crippen MR) is 148 cm³/mol. The number of hydrogen-bond acceptors (Lipinski definition) is 4. The fourth-order valence-corrected chi connectivity index (χ4v) is 6.14. The van der Waals surface area contributed by atoms with Crippen LogP contribution in [0.3, 0.4) is 0 Å². The lowest BCUT2D eigenvalue weighted by molar-refractivity contribution is 0.0458. The van der Waals surface area contributed by atoms with Gasteiger partial charge in [-0.05, 0) is 81.5 Å². The Labute approximate surface area is 228 Å². The van der Waals surface area contributed by atoms with E-state index in [9.17, 15) is 14.7 Å². The quantitative estimate of drug-likeness (QED) is 0.430. The predicted octanol–water partition coefficient (Wildman–Crippen LogP) is 5.61. The van der Waals surface area contributed by atoms with E-state index in [0.717, 1.165) is 35.4 Å². The Hall–Kier alpha value is -3.29. The van der Waals surface area contributed by atoms with Crippen LogP contribution >= 0.6 is 11.6 Å². The average molecular weight is 536 g/mol. The number of rotatable bonds is 6. The molecule has 1 unspecified atom stereocenters. The number of aliphatic hydroxyl groups is 1. The van der Waals surface area contributed by atoms with Crippen LogP contribution in [0.4, 0.5) is 0 Å². The topological polar surface area (TPSA) is 83.8 Å². The Morgan fingerprint density at radius 1 is 1.05 bits per heavy atom. The number of ether oxygens (including phenoxy) is 1. The highest BCUT2D eigenvalue weighted by Gasteiger charge is 2.46. The zero-order valence-electron chi connectivity index (χ0n) is 22.2. The van der Waals surface area contributed by atoms with Gasteiger partial charge in [0.15, 0.2) is 0 Å². The summed E-state index contributed by atoms with van der Waals surface area (Å²) >= 11 is 6.24. The number of carbonyl (C=O) groups is 2. The lowest BCUT2D eigenvalue weighted by Crippen LogP contribution is -2.42. The first kappa shape index (κ1) is 26.3. The lowest BCUT2D eigenvalue weighted by Gasteiger charge is -2.38. The zero-order valence-corrected chi connectivity index (χ0v) is 23.0. The van der Waals surface area contributed by atoms with E-state index in [1.807, 2.05) is 41.3 Å². The highest BCUT2D eigenvalue weighted by molar-refractivity contribution is 6.30. The summed E-state index contributed by atoms with van der Waals surface area (Å²) in [6.45, 7) is 4.20. The fourth-order valence-electron chi connectivity index (χ4n) is 6.01. The van der Waals surface area contributed by atoms with Gasteiger partial charge in [-0.15, -0.1) is 0 Å². The zero-order chi connectivity index (χ0) is 27.1. The maximum atomic E-state index is 14.2. The smallest absolute Gasteiger partial charge is 0.256 e. The highest BCUT2D eigenvalue weighted by atomic mass is 35.5. The number of nitrogens with zero attached hydrogens (tertiary/aromatic N) is 2. The van der Waals surface area contributed by atoms with Crippen LogP contribution in [0.2, 0.25) is 5.02 Å². The number of amides is 2. The molecule has 1 fully saturated rings. The van der Waals surface area contributed by atoms with E-state index in [0.29, 0.717) is 34.7 Å². The molecule has 2 N–H and O–H groups in total. The minimum atomic E-state index is -0.309. The van der Waals surface area contributed by atoms with Gasteiger partial charge in [-0.25, -0.2) is 0 Å². The average Bonchev–Trinajstić information content (AvgIpc) is 3.44. The SMILES string of the molecule is CNC(=O)c1ccc(OC)c(-c2cc3c(n2C(C)C)C(c2ccc(Cl)cc2)N([C@H]2CC[C@H](O)CC2)C3=O)c1. The molecule has 1 aromatic heterocycles. The molecular formula is C30H34ClN3O4. The fraction of sp³-hybridized carbons (Fsp3) is 0.400. The first-order valence-corrected chi connectivity index (χ1v) is 13.5. The van der Waals surface area contributed by atoms with Crippen molar-refractivity contribution in [3.05, 3.63) is 75.9 Å². The Morgan fingerprint density at radius 3 is 2.34 bits per heavy atom. The monoisotopic (exact) mass is 535 g/mol. The molecule has 2 aliphatic rings. The molecule has 0 saturated heterocycles. The van der Waals surface area contributed by atoms with Crippen molar-refractivity contribution in [3.8, 4) is 17.0 Å². The van der Waals surface area contributed by atoms with Gasteiger partial charge in [-0.3, -0.25) is 9.59 Å². The van der Waals surface area contributed by atoms with E-state index in [1.165, 1.54) is 0 Å². The number of carbonyl (C=O) groups excluding carboxylic acids is 2. The van der Waals surface area contributed by atoms with Crippen molar-refractivity contribution in [1.82, 2.24) is 14.8 Å². The number of aliphatic hydroxyl groups excluding tert-OH is 1. The van der Waals surface area contributed by atoms with Crippen molar-refractivity contribution in [2.45, 2.75) is 63.8 Å². The molecule has 2 aromatic carbocycles. The molecule has 8 heteroatoms. The molecule has 0 bridgehead atoms. The highest BCUT2D eigenvalue weighted by Crippen LogP contribution is 2.48. The molecule has 1 aliphatic carbocycles. The Kier molecular flexibility index (Phi) is 7.25. The second-order valence-electron chi connectivity index (χ2n) is 10.4. The third-order valence-corrected chi connectivity index (χ3v) is 8.06. The maximum absolute atomic E-state index is 14.2. The van der Waals surface area contributed by atoms with Crippen LogP contribution in [0.1, 0.15) is 83.6 Å². The van der Waals surface area contributed by atoms with Crippen LogP contribution in [0, 0.1) is 0 Å². The molecule has 0 radical (unpaired) electrons. The van der Waals surface area contributed by atoms with Crippen LogP contribution in [0.15, 0.2) is 48.5 Å². The molecule has 5 rings (SSSR count). The third-order valence-electron chi connectivity index (χ3n) is 7.80. The summed E-state index contributed by atoms with van der Waals surface area (Å²) in [5, 5.41) is 13.5. The van der Waals surface area contributed by atoms with Crippen molar-refractivity contribution >= 4 is 23.4 Å². The second-order valence-corrected chi connectivity index (χ2v) is 10.9. The van der Waals surface area contributed by atoms with Crippen molar-refractivity contribution < 1.29 is 19.4 Å². The number of fused-ring (bicyclic) bond motifs is 1. The van der Waals surface area contributed by atoms with Gasteiger partial charge in [-0.2, -0.15) is 0 Å². The summed E-state index contributed by atoms with van der Waals surface area (Å²) in [6, 6.07) is 14.8. The molecule has 1 aliphatic heterocycles. The van der Waals surface area contributed by atoms with Crippen molar-refractivity contribution in [1.29, 1.82) is 0 Å². The number of hydrogen-bond donors (Lipinski definition) is 2. The van der Waals surface area contributed by atoms with Crippen molar-refractivity contribution in [3.63, 3.8) is 0 Å². The summed E-state index contributed by atoms with van der Waals surface area (Å²) in [7, 11) is 3.21. The molecule has 200 valence electrons. The third kappa shape index (κ3) is 4.48. The van der Waals surface area contributed by atoms with E-state index in [1.54, 1.807) is 26.3 Å². The first-order valence-electron chi connectivity index (χ1n) is 13.2. The van der Waals surface area contributed by atoms with Crippen molar-refractivity contribution in [2.24, 2.45) is 0 Å². The number of methoxy groups -OCH3 is 1. The molecule has 1 atom stereocenters. The summed E-state index contributed by atoms with van der Waals surface area (Å²) in [4.78, 5) is 28.6. The van der Waals surface area contributed by atoms with Crippen LogP contribution in [0.25, 0.3) is 11.3 Å². The van der Waals surface area contributed by atoms with Crippen LogP contribution in [-0.4, -0.2) is 52.7 Å². The summed E-state index contributed by atoms with van der Waals surface area (Å²) in [5.41, 5.74) is 4.69. The summed E-state index contributed by atoms with van der Waals surface area (Å²) < 4.78 is 7.91. The van der Waals surface area contributed by atoms with Gasteiger partial charge in [0.1, 0.15) is 5.75 Å². The van der Waals surface area contributed by atoms with Gasteiger partial charge in [-0.1, -0.05) is 23.7 Å². The Bertz CT molecular complexity index is 1360. The molecule has 1 saturated carbocycles. The van der Waals surface area contributed by atoms with Gasteiger partial charge < -0.3 is 24.6 Å². The largest absolute Gasteiger partial charge is 0.496 e. The van der Waals surface area contributed by atoms with E-state index in [-0.39, 0.29) is 36.0 Å². The number of nitrogens with one attached hydrogen (secondary N) is 1. The van der Waals surface area contributed by atoms with Crippen LogP contribution in [-0.2, 0) is 0 Å². The summed E-state index contributed by atoms with van der Waals surface area (Å²) in [6.07, 6.45) is 2.59. The molecular weight excluding hydrogens is 502 g/mol. The molecule has 2 amide bonds. The van der Waals surface area contributed by atoms with Gasteiger partial charge >= 0.3 is 0 Å². The number of benzene rings is 2. The normalized spacial score (nSPS) is 21.1. The minimum absolute atomic E-state index is 0.0107. The minimum Gasteiger partial charge on any atom is -0.496 e. The van der Waals surface area contributed by atoms with Gasteiger partial charge in [0, 0.05) is 35.3 Å². The van der Waals surface area contributed by atoms with Gasteiger partial charge in [0.2, 0.25) is 0 Å². The van der Waals surface area contributed by atoms with Gasteiger partial charge in [0.05, 0.1) is 36.2 Å². The van der Waals surface area contributed by atoms with E-state index in [2.05, 4.69) is 23.7 Å². The van der Waals surface area contributed by atoms with Crippen LogP contribution < -0.4 is 10.1 Å². The molecule has 0 spiro atoms. The second kappa shape index (κ2) is 10.5. The van der Waals surface area contributed by atoms with Crippen LogP contribution in [0.5, 0.6) is 5.75 Å². The van der Waals surface area contributed by atoms with E-state index in [4.69, 9.17) is 16.3 Å². The van der Waals surface area contributed by atoms with Crippen molar-refractivity contribution in [2.75, 3.05) is 14.2 Å². The Balaban J connectivity index is 1.71. The first-order chi connectivity index (χ1) is 18.2. The molecule has 7 nitrogen and oxygen atoms in total.